The van der Waals surface area contributed by atoms with E-state index in [0.717, 1.165) is 16.7 Å². The van der Waals surface area contributed by atoms with Crippen molar-refractivity contribution in [3.8, 4) is 0 Å². The maximum atomic E-state index is 12.4. The second kappa shape index (κ2) is 7.22. The minimum Gasteiger partial charge on any atom is -0.307 e. The van der Waals surface area contributed by atoms with E-state index in [-0.39, 0.29) is 6.54 Å². The summed E-state index contributed by atoms with van der Waals surface area (Å²) in [6, 6.07) is 15.2. The van der Waals surface area contributed by atoms with Crippen LogP contribution >= 0.6 is 11.3 Å². The first-order valence-electron chi connectivity index (χ1n) is 8.42. The fourth-order valence-electron chi connectivity index (χ4n) is 2.83. The lowest BCUT2D eigenvalue weighted by Crippen LogP contribution is -2.24. The van der Waals surface area contributed by atoms with E-state index < -0.39 is 10.0 Å². The van der Waals surface area contributed by atoms with Gasteiger partial charge in [-0.2, -0.15) is 0 Å². The van der Waals surface area contributed by atoms with Crippen LogP contribution in [0.2, 0.25) is 0 Å². The molecule has 0 fully saturated rings. The van der Waals surface area contributed by atoms with Crippen LogP contribution in [0, 0.1) is 6.92 Å². The van der Waals surface area contributed by atoms with Crippen LogP contribution in [0.4, 0.5) is 0 Å². The van der Waals surface area contributed by atoms with Crippen molar-refractivity contribution in [2.45, 2.75) is 24.2 Å². The topological polar surface area (TPSA) is 76.9 Å². The van der Waals surface area contributed by atoms with Crippen LogP contribution in [0.1, 0.15) is 17.0 Å². The van der Waals surface area contributed by atoms with Gasteiger partial charge in [0.25, 0.3) is 0 Å². The Hall–Kier alpha value is -2.55. The molecule has 27 heavy (non-hydrogen) atoms. The van der Waals surface area contributed by atoms with Crippen LogP contribution in [0.3, 0.4) is 0 Å². The fourth-order valence-corrected chi connectivity index (χ4v) is 4.85. The highest BCUT2D eigenvalue weighted by molar-refractivity contribution is 7.91. The van der Waals surface area contributed by atoms with Crippen LogP contribution in [0.5, 0.6) is 0 Å². The number of aromatic nitrogens is 3. The first-order valence-corrected chi connectivity index (χ1v) is 10.8. The molecule has 0 amide bonds. The molecule has 3 heterocycles. The molecule has 1 aromatic carbocycles. The number of nitrogens with one attached hydrogen (secondary N) is 1. The average Bonchev–Trinajstić information content (AvgIpc) is 3.31. The molecule has 1 N–H and O–H groups in total. The molecular formula is C19H18N4O2S2. The zero-order valence-electron chi connectivity index (χ0n) is 14.7. The van der Waals surface area contributed by atoms with E-state index in [4.69, 9.17) is 0 Å². The van der Waals surface area contributed by atoms with E-state index in [1.54, 1.807) is 23.7 Å². The molecule has 0 aliphatic rings. The smallest absolute Gasteiger partial charge is 0.250 e. The number of hydrogen-bond donors (Lipinski definition) is 1. The lowest BCUT2D eigenvalue weighted by molar-refractivity contribution is 0.578. The summed E-state index contributed by atoms with van der Waals surface area (Å²) in [6.45, 7) is 2.72. The van der Waals surface area contributed by atoms with Gasteiger partial charge in [-0.1, -0.05) is 35.9 Å². The van der Waals surface area contributed by atoms with Crippen molar-refractivity contribution in [3.63, 3.8) is 0 Å². The van der Waals surface area contributed by atoms with Gasteiger partial charge < -0.3 is 4.57 Å². The Bertz CT molecular complexity index is 1160. The normalized spacial score (nSPS) is 11.9. The maximum absolute atomic E-state index is 12.4. The van der Waals surface area contributed by atoms with Crippen molar-refractivity contribution in [2.75, 3.05) is 0 Å². The van der Waals surface area contributed by atoms with E-state index in [0.29, 0.717) is 16.6 Å². The van der Waals surface area contributed by atoms with Crippen LogP contribution in [-0.2, 0) is 23.1 Å². The van der Waals surface area contributed by atoms with Gasteiger partial charge in [0.2, 0.25) is 10.0 Å². The van der Waals surface area contributed by atoms with Crippen molar-refractivity contribution in [1.29, 1.82) is 0 Å². The monoisotopic (exact) mass is 398 g/mol. The van der Waals surface area contributed by atoms with Crippen molar-refractivity contribution in [3.05, 3.63) is 77.1 Å². The van der Waals surface area contributed by atoms with Crippen molar-refractivity contribution < 1.29 is 8.42 Å². The highest BCUT2D eigenvalue weighted by Crippen LogP contribution is 2.19. The number of sulfonamides is 1. The second-order valence-corrected chi connectivity index (χ2v) is 9.14. The SMILES string of the molecule is Cc1ccc(Cn2c(CNS(=O)(=O)c3cccs3)nc3cccnc32)cc1. The number of fused-ring (bicyclic) bond motifs is 1. The van der Waals surface area contributed by atoms with Gasteiger partial charge in [-0.15, -0.1) is 11.3 Å². The number of thiophene rings is 1. The predicted molar refractivity (Wildman–Crippen MR) is 106 cm³/mol. The van der Waals surface area contributed by atoms with Gasteiger partial charge in [0.05, 0.1) is 13.1 Å². The number of aryl methyl sites for hydroxylation is 1. The number of nitrogens with zero attached hydrogens (tertiary/aromatic N) is 3. The molecule has 0 radical (unpaired) electrons. The molecule has 3 aromatic heterocycles. The van der Waals surface area contributed by atoms with Crippen molar-refractivity contribution in [2.24, 2.45) is 0 Å². The van der Waals surface area contributed by atoms with Gasteiger partial charge in [0.1, 0.15) is 15.6 Å². The predicted octanol–water partition coefficient (Wildman–Crippen LogP) is 3.33. The molecule has 0 saturated heterocycles. The molecule has 4 aromatic rings. The summed E-state index contributed by atoms with van der Waals surface area (Å²) in [7, 11) is -3.55. The molecule has 8 heteroatoms. The molecule has 138 valence electrons. The zero-order valence-corrected chi connectivity index (χ0v) is 16.3. The number of rotatable bonds is 6. The number of imidazole rings is 1. The van der Waals surface area contributed by atoms with Crippen molar-refractivity contribution >= 4 is 32.5 Å². The Labute approximate surface area is 161 Å². The number of pyridine rings is 1. The highest BCUT2D eigenvalue weighted by Gasteiger charge is 2.18. The molecule has 0 saturated carbocycles. The van der Waals surface area contributed by atoms with Gasteiger partial charge >= 0.3 is 0 Å². The third-order valence-corrected chi connectivity index (χ3v) is 7.02. The quantitative estimate of drug-likeness (QED) is 0.540. The Morgan fingerprint density at radius 3 is 2.67 bits per heavy atom. The summed E-state index contributed by atoms with van der Waals surface area (Å²) in [6.07, 6.45) is 1.72. The van der Waals surface area contributed by atoms with E-state index in [2.05, 4.69) is 39.0 Å². The Morgan fingerprint density at radius 1 is 1.11 bits per heavy atom. The summed E-state index contributed by atoms with van der Waals surface area (Å²) < 4.78 is 29.8. The Balaban J connectivity index is 1.66. The van der Waals surface area contributed by atoms with Crippen LogP contribution in [0.25, 0.3) is 11.2 Å². The minimum absolute atomic E-state index is 0.0997. The molecule has 0 aliphatic carbocycles. The Morgan fingerprint density at radius 2 is 1.93 bits per heavy atom. The summed E-state index contributed by atoms with van der Waals surface area (Å²) in [5.74, 6) is 0.629. The lowest BCUT2D eigenvalue weighted by Gasteiger charge is -2.10. The summed E-state index contributed by atoms with van der Waals surface area (Å²) in [5, 5.41) is 1.74. The molecule has 0 spiro atoms. The van der Waals surface area contributed by atoms with Gasteiger partial charge in [0.15, 0.2) is 5.65 Å². The molecule has 4 rings (SSSR count). The first kappa shape index (κ1) is 17.8. The average molecular weight is 399 g/mol. The van der Waals surface area contributed by atoms with Gasteiger partial charge in [-0.3, -0.25) is 0 Å². The van der Waals surface area contributed by atoms with Gasteiger partial charge in [-0.25, -0.2) is 23.1 Å². The summed E-state index contributed by atoms with van der Waals surface area (Å²) in [5.41, 5.74) is 3.78. The molecule has 0 atom stereocenters. The summed E-state index contributed by atoms with van der Waals surface area (Å²) in [4.78, 5) is 9.02. The fraction of sp³-hybridized carbons (Fsp3) is 0.158. The van der Waals surface area contributed by atoms with Gasteiger partial charge in [-0.05, 0) is 36.1 Å². The van der Waals surface area contributed by atoms with E-state index in [1.807, 2.05) is 23.6 Å². The maximum Gasteiger partial charge on any atom is 0.250 e. The van der Waals surface area contributed by atoms with Crippen LogP contribution < -0.4 is 4.72 Å². The number of benzene rings is 1. The summed E-state index contributed by atoms with van der Waals surface area (Å²) >= 11 is 1.19. The molecule has 0 bridgehead atoms. The van der Waals surface area contributed by atoms with Gasteiger partial charge in [0, 0.05) is 6.20 Å². The van der Waals surface area contributed by atoms with Crippen LogP contribution in [-0.4, -0.2) is 23.0 Å². The molecular weight excluding hydrogens is 380 g/mol. The van der Waals surface area contributed by atoms with E-state index in [9.17, 15) is 8.42 Å². The minimum atomic E-state index is -3.55. The third kappa shape index (κ3) is 3.78. The molecule has 0 unspecified atom stereocenters. The zero-order chi connectivity index (χ0) is 18.9. The highest BCUT2D eigenvalue weighted by atomic mass is 32.2. The molecule has 0 aliphatic heterocycles. The standard InChI is InChI=1S/C19H18N4O2S2/c1-14-6-8-15(9-7-14)13-23-17(22-16-4-2-10-20-19(16)23)12-21-27(24,25)18-5-3-11-26-18/h2-11,21H,12-13H2,1H3. The van der Waals surface area contributed by atoms with E-state index >= 15 is 0 Å². The lowest BCUT2D eigenvalue weighted by atomic mass is 10.1. The first-order chi connectivity index (χ1) is 13.0. The van der Waals surface area contributed by atoms with Crippen molar-refractivity contribution in [1.82, 2.24) is 19.3 Å². The second-order valence-electron chi connectivity index (χ2n) is 6.20. The third-order valence-electron chi connectivity index (χ3n) is 4.22. The van der Waals surface area contributed by atoms with Crippen LogP contribution in [0.15, 0.2) is 64.3 Å². The molecule has 6 nitrogen and oxygen atoms in total. The Kier molecular flexibility index (Phi) is 4.77. The van der Waals surface area contributed by atoms with E-state index in [1.165, 1.54) is 16.9 Å². The largest absolute Gasteiger partial charge is 0.307 e. The number of hydrogen-bond acceptors (Lipinski definition) is 5.